The number of esters is 1. The van der Waals surface area contributed by atoms with Gasteiger partial charge in [-0.2, -0.15) is 0 Å². The molecule has 7 heteroatoms. The first-order valence-corrected chi connectivity index (χ1v) is 12.6. The zero-order valence-corrected chi connectivity index (χ0v) is 22.0. The number of nitrogens with zero attached hydrogens (tertiary/aromatic N) is 1. The van der Waals surface area contributed by atoms with Crippen LogP contribution in [0.2, 0.25) is 0 Å². The van der Waals surface area contributed by atoms with Gasteiger partial charge in [0, 0.05) is 19.4 Å². The molecule has 2 aliphatic rings. The molecular formula is C33H31NO6. The third-order valence-corrected chi connectivity index (χ3v) is 5.05. The van der Waals surface area contributed by atoms with E-state index in [9.17, 15) is 24.0 Å². The minimum Gasteiger partial charge on any atom is -0.461 e. The number of hydrogen-bond donors (Lipinski definition) is 0. The fraction of sp³-hybridized carbons (Fsp3) is 0.121. The van der Waals surface area contributed by atoms with Crippen LogP contribution in [0.4, 0.5) is 0 Å². The molecule has 0 aliphatic carbocycles. The van der Waals surface area contributed by atoms with Crippen LogP contribution in [-0.2, 0) is 28.7 Å². The molecule has 0 N–H and O–H groups in total. The number of carbonyl (C=O) groups excluding carboxylic acids is 5. The summed E-state index contributed by atoms with van der Waals surface area (Å²) >= 11 is 0. The van der Waals surface area contributed by atoms with Crippen LogP contribution in [0.25, 0.3) is 0 Å². The van der Waals surface area contributed by atoms with Crippen LogP contribution in [0.3, 0.4) is 0 Å². The third kappa shape index (κ3) is 12.9. The highest BCUT2D eigenvalue weighted by molar-refractivity contribution is 6.41. The first kappa shape index (κ1) is 31.1. The van der Waals surface area contributed by atoms with E-state index in [0.29, 0.717) is 0 Å². The maximum atomic E-state index is 12.7. The van der Waals surface area contributed by atoms with Gasteiger partial charge in [0.1, 0.15) is 11.5 Å². The quantitative estimate of drug-likeness (QED) is 0.323. The Morgan fingerprint density at radius 2 is 1.10 bits per heavy atom. The molecule has 0 bridgehead atoms. The Kier molecular flexibility index (Phi) is 14.7. The van der Waals surface area contributed by atoms with Crippen molar-refractivity contribution in [3.8, 4) is 0 Å². The van der Waals surface area contributed by atoms with Crippen molar-refractivity contribution < 1.29 is 28.7 Å². The monoisotopic (exact) mass is 537 g/mol. The largest absolute Gasteiger partial charge is 0.461 e. The van der Waals surface area contributed by atoms with E-state index in [1.54, 1.807) is 72.9 Å². The molecule has 2 rings (SSSR count). The van der Waals surface area contributed by atoms with Crippen molar-refractivity contribution in [3.63, 3.8) is 0 Å². The summed E-state index contributed by atoms with van der Waals surface area (Å²) in [5, 5.41) is 0. The van der Waals surface area contributed by atoms with Gasteiger partial charge in [0.25, 0.3) is 5.91 Å². The molecule has 2 aliphatic heterocycles. The molecule has 0 atom stereocenters. The Morgan fingerprint density at radius 3 is 1.70 bits per heavy atom. The lowest BCUT2D eigenvalue weighted by Crippen LogP contribution is -2.39. The van der Waals surface area contributed by atoms with Crippen molar-refractivity contribution in [2.45, 2.75) is 12.8 Å². The van der Waals surface area contributed by atoms with E-state index in [-0.39, 0.29) is 43.3 Å². The summed E-state index contributed by atoms with van der Waals surface area (Å²) in [6, 6.07) is 0. The van der Waals surface area contributed by atoms with Gasteiger partial charge in [-0.05, 0) is 24.3 Å². The molecule has 0 saturated carbocycles. The van der Waals surface area contributed by atoms with Gasteiger partial charge in [-0.3, -0.25) is 24.1 Å². The van der Waals surface area contributed by atoms with Crippen LogP contribution in [0.5, 0.6) is 0 Å². The molecule has 0 spiro atoms. The number of carbonyl (C=O) groups is 5. The second-order valence-electron chi connectivity index (χ2n) is 8.11. The maximum absolute atomic E-state index is 12.7. The highest BCUT2D eigenvalue weighted by atomic mass is 16.5. The van der Waals surface area contributed by atoms with Crippen LogP contribution in [-0.4, -0.2) is 47.3 Å². The molecule has 0 saturated heterocycles. The van der Waals surface area contributed by atoms with Gasteiger partial charge in [0.15, 0.2) is 5.78 Å². The summed E-state index contributed by atoms with van der Waals surface area (Å²) in [5.41, 5.74) is -0.0777. The minimum absolute atomic E-state index is 0.0205. The van der Waals surface area contributed by atoms with Crippen LogP contribution < -0.4 is 0 Å². The number of allylic oxidation sites excluding steroid dienone is 21. The van der Waals surface area contributed by atoms with E-state index < -0.39 is 17.7 Å². The SMILES string of the molecule is O=C1C=C/C=C/C=C\C=C\C=C\C=C\C=C\C=C\C(=O)C(=O)N2CC=CC=C2C(=O)OCCC(=O)C/C=C\C=C/1. The van der Waals surface area contributed by atoms with Crippen LogP contribution in [0, 0.1) is 0 Å². The average Bonchev–Trinajstić information content (AvgIpc) is 2.95. The lowest BCUT2D eigenvalue weighted by molar-refractivity contribution is -0.147. The predicted molar refractivity (Wildman–Crippen MR) is 156 cm³/mol. The second kappa shape index (κ2) is 19.0. The lowest BCUT2D eigenvalue weighted by atomic mass is 10.2. The van der Waals surface area contributed by atoms with Gasteiger partial charge in [-0.15, -0.1) is 0 Å². The average molecular weight is 538 g/mol. The normalized spacial score (nSPS) is 25.8. The molecule has 0 fully saturated rings. The third-order valence-electron chi connectivity index (χ3n) is 5.05. The summed E-state index contributed by atoms with van der Waals surface area (Å²) in [5.74, 6) is -2.83. The van der Waals surface area contributed by atoms with E-state index >= 15 is 0 Å². The number of Topliss-reactive ketones (excluding diaryl/α,β-unsaturated/α-hetero) is 1. The van der Waals surface area contributed by atoms with E-state index in [1.807, 2.05) is 36.5 Å². The van der Waals surface area contributed by atoms with Crippen molar-refractivity contribution in [2.24, 2.45) is 0 Å². The van der Waals surface area contributed by atoms with E-state index in [0.717, 1.165) is 11.0 Å². The van der Waals surface area contributed by atoms with Crippen LogP contribution in [0.15, 0.2) is 145 Å². The van der Waals surface area contributed by atoms with Gasteiger partial charge in [0.05, 0.1) is 6.61 Å². The minimum atomic E-state index is -0.870. The zero-order chi connectivity index (χ0) is 28.8. The first-order valence-electron chi connectivity index (χ1n) is 12.6. The van der Waals surface area contributed by atoms with Crippen molar-refractivity contribution in [2.75, 3.05) is 13.2 Å². The molecule has 2 heterocycles. The van der Waals surface area contributed by atoms with Crippen molar-refractivity contribution in [1.29, 1.82) is 0 Å². The number of rotatable bonds is 0. The smallest absolute Gasteiger partial charge is 0.355 e. The summed E-state index contributed by atoms with van der Waals surface area (Å²) in [6.07, 6.45) is 37.9. The fourth-order valence-electron chi connectivity index (χ4n) is 3.07. The zero-order valence-electron chi connectivity index (χ0n) is 22.0. The lowest BCUT2D eigenvalue weighted by Gasteiger charge is -2.23. The number of amides is 1. The Bertz CT molecular complexity index is 1310. The van der Waals surface area contributed by atoms with Crippen molar-refractivity contribution >= 4 is 29.2 Å². The topological polar surface area (TPSA) is 97.8 Å². The van der Waals surface area contributed by atoms with E-state index in [2.05, 4.69) is 0 Å². The molecule has 0 aromatic heterocycles. The Balaban J connectivity index is 2.09. The van der Waals surface area contributed by atoms with Gasteiger partial charge in [-0.1, -0.05) is 115 Å². The summed E-state index contributed by atoms with van der Waals surface area (Å²) in [4.78, 5) is 62.5. The van der Waals surface area contributed by atoms with Crippen molar-refractivity contribution in [3.05, 3.63) is 145 Å². The number of cyclic esters (lactones) is 1. The highest BCUT2D eigenvalue weighted by Gasteiger charge is 2.28. The van der Waals surface area contributed by atoms with Gasteiger partial charge in [0.2, 0.25) is 5.78 Å². The van der Waals surface area contributed by atoms with Gasteiger partial charge < -0.3 is 4.74 Å². The maximum Gasteiger partial charge on any atom is 0.355 e. The highest BCUT2D eigenvalue weighted by Crippen LogP contribution is 2.13. The number of ether oxygens (including phenoxy) is 1. The molecule has 0 aromatic rings. The second-order valence-corrected chi connectivity index (χ2v) is 8.11. The predicted octanol–water partition coefficient (Wildman–Crippen LogP) is 4.88. The first-order chi connectivity index (χ1) is 19.5. The van der Waals surface area contributed by atoms with Crippen LogP contribution >= 0.6 is 0 Å². The number of fused-ring (bicyclic) bond motifs is 1. The number of hydrogen-bond acceptors (Lipinski definition) is 6. The Hall–Kier alpha value is -5.17. The molecule has 1 amide bonds. The molecular weight excluding hydrogens is 506 g/mol. The summed E-state index contributed by atoms with van der Waals surface area (Å²) in [6.45, 7) is -0.131. The summed E-state index contributed by atoms with van der Waals surface area (Å²) in [7, 11) is 0. The van der Waals surface area contributed by atoms with E-state index in [4.69, 9.17) is 4.74 Å². The molecule has 0 unspecified atom stereocenters. The van der Waals surface area contributed by atoms with Gasteiger partial charge >= 0.3 is 5.97 Å². The van der Waals surface area contributed by atoms with Gasteiger partial charge in [-0.25, -0.2) is 4.79 Å². The molecule has 204 valence electrons. The Labute approximate surface area is 234 Å². The summed E-state index contributed by atoms with van der Waals surface area (Å²) < 4.78 is 5.17. The fourth-order valence-corrected chi connectivity index (χ4v) is 3.07. The number of ketones is 3. The Morgan fingerprint density at radius 1 is 0.575 bits per heavy atom. The van der Waals surface area contributed by atoms with Crippen LogP contribution in [0.1, 0.15) is 12.8 Å². The molecule has 40 heavy (non-hydrogen) atoms. The molecule has 0 aromatic carbocycles. The van der Waals surface area contributed by atoms with E-state index in [1.165, 1.54) is 24.3 Å². The molecule has 0 radical (unpaired) electrons. The molecule has 7 nitrogen and oxygen atoms in total. The standard InChI is InChI=1S/C33H31NO6/c35-28-20-14-11-9-7-5-3-1-2-4-6-8-10-12-17-24-31(37)32(38)34-26-19-18-23-30(34)33(39)40-27-25-29(36)22-16-13-15-21-28/h1-21,23-24H,22,25-27H2/b3-1+,4-2+,7-5-,8-6+,11-9+,12-10+,16-13-,20-14?,21-15-,24-17+. The van der Waals surface area contributed by atoms with Crippen molar-refractivity contribution in [1.82, 2.24) is 4.90 Å².